The van der Waals surface area contributed by atoms with Crippen molar-refractivity contribution in [3.05, 3.63) is 63.0 Å². The molecule has 0 saturated carbocycles. The maximum atomic E-state index is 12.7. The molecule has 0 fully saturated rings. The van der Waals surface area contributed by atoms with Crippen LogP contribution in [0.1, 0.15) is 57.5 Å². The first-order chi connectivity index (χ1) is 17.7. The molecule has 0 aliphatic carbocycles. The number of halogens is 1. The van der Waals surface area contributed by atoms with Crippen LogP contribution in [0.15, 0.2) is 47.6 Å². The van der Waals surface area contributed by atoms with Gasteiger partial charge >= 0.3 is 0 Å². The lowest BCUT2D eigenvalue weighted by molar-refractivity contribution is -0.127. The van der Waals surface area contributed by atoms with Crippen LogP contribution in [0, 0.1) is 3.57 Å². The van der Waals surface area contributed by atoms with Gasteiger partial charge in [-0.3, -0.25) is 9.59 Å². The molecule has 0 saturated heterocycles. The molecule has 3 rings (SSSR count). The molecule has 37 heavy (non-hydrogen) atoms. The zero-order valence-corrected chi connectivity index (χ0v) is 24.9. The van der Waals surface area contributed by atoms with Crippen LogP contribution in [-0.4, -0.2) is 38.4 Å². The first-order valence-corrected chi connectivity index (χ1v) is 14.5. The lowest BCUT2D eigenvalue weighted by Crippen LogP contribution is -2.36. The smallest absolute Gasteiger partial charge is 0.261 e. The van der Waals surface area contributed by atoms with Crippen LogP contribution >= 0.6 is 34.4 Å². The number of hydrogen-bond acceptors (Lipinski definition) is 6. The number of aryl methyl sites for hydroxylation is 1. The van der Waals surface area contributed by atoms with E-state index >= 15 is 0 Å². The fourth-order valence-electron chi connectivity index (χ4n) is 3.69. The number of hydrogen-bond donors (Lipinski definition) is 2. The third-order valence-corrected chi connectivity index (χ3v) is 7.42. The summed E-state index contributed by atoms with van der Waals surface area (Å²) in [6.45, 7) is 10.8. The van der Waals surface area contributed by atoms with Crippen LogP contribution in [0.2, 0.25) is 0 Å². The van der Waals surface area contributed by atoms with Gasteiger partial charge in [0.1, 0.15) is 5.75 Å². The maximum Gasteiger partial charge on any atom is 0.261 e. The van der Waals surface area contributed by atoms with Gasteiger partial charge in [-0.25, -0.2) is 0 Å². The van der Waals surface area contributed by atoms with E-state index in [0.29, 0.717) is 29.2 Å². The molecular weight excluding hydrogens is 601 g/mol. The van der Waals surface area contributed by atoms with E-state index in [9.17, 15) is 9.59 Å². The van der Waals surface area contributed by atoms with Crippen molar-refractivity contribution in [2.45, 2.75) is 71.3 Å². The van der Waals surface area contributed by atoms with Crippen LogP contribution in [0.3, 0.4) is 0 Å². The van der Waals surface area contributed by atoms with Gasteiger partial charge in [-0.2, -0.15) is 0 Å². The molecule has 2 amide bonds. The zero-order chi connectivity index (χ0) is 26.9. The molecule has 3 aromatic rings. The van der Waals surface area contributed by atoms with Gasteiger partial charge < -0.3 is 19.9 Å². The van der Waals surface area contributed by atoms with Crippen molar-refractivity contribution in [1.82, 2.24) is 20.1 Å². The van der Waals surface area contributed by atoms with Crippen molar-refractivity contribution in [3.63, 3.8) is 0 Å². The van der Waals surface area contributed by atoms with Gasteiger partial charge in [0.2, 0.25) is 5.91 Å². The molecule has 2 aromatic carbocycles. The Balaban J connectivity index is 1.54. The molecule has 1 aromatic heterocycles. The second-order valence-corrected chi connectivity index (χ2v) is 11.0. The zero-order valence-electron chi connectivity index (χ0n) is 21.9. The van der Waals surface area contributed by atoms with Crippen LogP contribution < -0.4 is 15.4 Å². The van der Waals surface area contributed by atoms with E-state index in [1.807, 2.05) is 47.9 Å². The Labute approximate surface area is 236 Å². The van der Waals surface area contributed by atoms with Crippen LogP contribution in [0.5, 0.6) is 5.75 Å². The molecule has 8 nitrogen and oxygen atoms in total. The third kappa shape index (κ3) is 8.19. The van der Waals surface area contributed by atoms with E-state index in [1.54, 1.807) is 6.92 Å². The maximum absolute atomic E-state index is 12.7. The lowest BCUT2D eigenvalue weighted by atomic mass is 10.0. The first kappa shape index (κ1) is 29.0. The molecular formula is C27H34IN5O3S. The Morgan fingerprint density at radius 3 is 2.46 bits per heavy atom. The molecule has 0 spiro atoms. The van der Waals surface area contributed by atoms with E-state index in [-0.39, 0.29) is 24.1 Å². The molecule has 10 heteroatoms. The van der Waals surface area contributed by atoms with Gasteiger partial charge in [0.15, 0.2) is 17.1 Å². The average molecular weight is 636 g/mol. The van der Waals surface area contributed by atoms with E-state index in [1.165, 1.54) is 17.3 Å². The average Bonchev–Trinajstić information content (AvgIpc) is 3.29. The summed E-state index contributed by atoms with van der Waals surface area (Å²) in [4.78, 5) is 25.2. The highest BCUT2D eigenvalue weighted by Crippen LogP contribution is 2.27. The number of benzene rings is 2. The Kier molecular flexibility index (Phi) is 10.8. The highest BCUT2D eigenvalue weighted by molar-refractivity contribution is 14.1. The fourth-order valence-corrected chi connectivity index (χ4v) is 5.02. The van der Waals surface area contributed by atoms with Gasteiger partial charge in [0.05, 0.1) is 12.3 Å². The van der Waals surface area contributed by atoms with Crippen molar-refractivity contribution in [3.8, 4) is 5.75 Å². The second-order valence-electron chi connectivity index (χ2n) is 8.84. The minimum atomic E-state index is -0.653. The Morgan fingerprint density at radius 2 is 1.81 bits per heavy atom. The van der Waals surface area contributed by atoms with Gasteiger partial charge in [-0.15, -0.1) is 10.2 Å². The quantitative estimate of drug-likeness (QED) is 0.204. The lowest BCUT2D eigenvalue weighted by Gasteiger charge is -2.15. The second kappa shape index (κ2) is 13.8. The first-order valence-electron chi connectivity index (χ1n) is 12.4. The SMILES string of the molecule is CCc1ccc(O[C@H](C)C(=O)NCc2nnc(SCC(=O)Nc3ccc(I)cc3C(C)C)n2CC)cc1. The molecule has 1 heterocycles. The molecule has 198 valence electrons. The Morgan fingerprint density at radius 1 is 1.08 bits per heavy atom. The van der Waals surface area contributed by atoms with Crippen molar-refractivity contribution in [1.29, 1.82) is 0 Å². The molecule has 1 atom stereocenters. The third-order valence-electron chi connectivity index (χ3n) is 5.79. The summed E-state index contributed by atoms with van der Waals surface area (Å²) >= 11 is 3.60. The van der Waals surface area contributed by atoms with Crippen molar-refractivity contribution in [2.75, 3.05) is 11.1 Å². The van der Waals surface area contributed by atoms with Gasteiger partial charge in [-0.05, 0) is 90.2 Å². The molecule has 0 aliphatic heterocycles. The van der Waals surface area contributed by atoms with Crippen LogP contribution in [0.4, 0.5) is 5.69 Å². The number of aromatic nitrogens is 3. The van der Waals surface area contributed by atoms with Crippen LogP contribution in [0.25, 0.3) is 0 Å². The number of ether oxygens (including phenoxy) is 1. The summed E-state index contributed by atoms with van der Waals surface area (Å²) < 4.78 is 8.80. The largest absolute Gasteiger partial charge is 0.481 e. The molecule has 0 aliphatic rings. The highest BCUT2D eigenvalue weighted by Gasteiger charge is 2.18. The highest BCUT2D eigenvalue weighted by atomic mass is 127. The van der Waals surface area contributed by atoms with Crippen molar-refractivity contribution in [2.24, 2.45) is 0 Å². The number of anilines is 1. The number of thioether (sulfide) groups is 1. The fraction of sp³-hybridized carbons (Fsp3) is 0.407. The summed E-state index contributed by atoms with van der Waals surface area (Å²) in [7, 11) is 0. The summed E-state index contributed by atoms with van der Waals surface area (Å²) in [5.74, 6) is 1.44. The standard InChI is InChI=1S/C27H34IN5O3S/c1-6-19-8-11-21(12-9-19)36-18(5)26(35)29-15-24-31-32-27(33(24)7-2)37-16-25(34)30-23-13-10-20(28)14-22(23)17(3)4/h8-14,17-18H,6-7,15-16H2,1-5H3,(H,29,35)(H,30,34)/t18-/m1/s1. The van der Waals surface area contributed by atoms with E-state index in [2.05, 4.69) is 70.3 Å². The number of carbonyl (C=O) groups is 2. The summed E-state index contributed by atoms with van der Waals surface area (Å²) in [6.07, 6.45) is 0.297. The van der Waals surface area contributed by atoms with Gasteiger partial charge in [-0.1, -0.05) is 44.7 Å². The summed E-state index contributed by atoms with van der Waals surface area (Å²) in [5, 5.41) is 15.0. The Bertz CT molecular complexity index is 1210. The molecule has 0 radical (unpaired) electrons. The van der Waals surface area contributed by atoms with Crippen molar-refractivity contribution >= 4 is 51.9 Å². The summed E-state index contributed by atoms with van der Waals surface area (Å²) in [6, 6.07) is 13.8. The predicted molar refractivity (Wildman–Crippen MR) is 156 cm³/mol. The van der Waals surface area contributed by atoms with Crippen LogP contribution in [-0.2, 0) is 29.1 Å². The van der Waals surface area contributed by atoms with Gasteiger partial charge in [0.25, 0.3) is 5.91 Å². The normalized spacial score (nSPS) is 11.9. The number of amides is 2. The molecule has 0 bridgehead atoms. The number of nitrogens with one attached hydrogen (secondary N) is 2. The number of carbonyl (C=O) groups excluding carboxylic acids is 2. The monoisotopic (exact) mass is 635 g/mol. The van der Waals surface area contributed by atoms with E-state index < -0.39 is 6.10 Å². The number of rotatable bonds is 12. The minimum absolute atomic E-state index is 0.105. The van der Waals surface area contributed by atoms with Gasteiger partial charge in [0, 0.05) is 15.8 Å². The van der Waals surface area contributed by atoms with E-state index in [4.69, 9.17) is 4.74 Å². The molecule has 2 N–H and O–H groups in total. The predicted octanol–water partition coefficient (Wildman–Crippen LogP) is 5.40. The topological polar surface area (TPSA) is 98.1 Å². The van der Waals surface area contributed by atoms with E-state index in [0.717, 1.165) is 21.2 Å². The summed E-state index contributed by atoms with van der Waals surface area (Å²) in [5.41, 5.74) is 3.15. The minimum Gasteiger partial charge on any atom is -0.481 e. The van der Waals surface area contributed by atoms with Crippen molar-refractivity contribution < 1.29 is 14.3 Å². The molecule has 0 unspecified atom stereocenters. The Hall–Kier alpha value is -2.60. The number of nitrogens with zero attached hydrogens (tertiary/aromatic N) is 3.